The lowest BCUT2D eigenvalue weighted by molar-refractivity contribution is 0.516. The van der Waals surface area contributed by atoms with Gasteiger partial charge in [-0.05, 0) is 24.8 Å². The van der Waals surface area contributed by atoms with Crippen LogP contribution < -0.4 is 5.73 Å². The van der Waals surface area contributed by atoms with Crippen LogP contribution in [-0.2, 0) is 12.8 Å². The summed E-state index contributed by atoms with van der Waals surface area (Å²) in [7, 11) is 0. The highest BCUT2D eigenvalue weighted by molar-refractivity contribution is 7.09. The van der Waals surface area contributed by atoms with Crippen molar-refractivity contribution in [1.29, 1.82) is 0 Å². The van der Waals surface area contributed by atoms with Crippen molar-refractivity contribution in [1.82, 2.24) is 4.98 Å². The number of hydrogen-bond acceptors (Lipinski definition) is 3. The van der Waals surface area contributed by atoms with Gasteiger partial charge in [0, 0.05) is 11.8 Å². The van der Waals surface area contributed by atoms with Gasteiger partial charge in [0.05, 0.1) is 10.7 Å². The molecule has 1 aromatic heterocycles. The molecule has 86 valence electrons. The smallest absolute Gasteiger partial charge is 0.0931 e. The zero-order valence-electron chi connectivity index (χ0n) is 9.99. The molecule has 1 unspecified atom stereocenters. The summed E-state index contributed by atoms with van der Waals surface area (Å²) in [4.78, 5) is 4.65. The first-order valence-corrected chi connectivity index (χ1v) is 6.67. The van der Waals surface area contributed by atoms with Crippen LogP contribution in [-0.4, -0.2) is 11.5 Å². The SMILES string of the molecule is CCC(CN)Cc1nc(CC(C)C)cs1. The summed E-state index contributed by atoms with van der Waals surface area (Å²) in [5.74, 6) is 1.29. The molecule has 1 heterocycles. The van der Waals surface area contributed by atoms with Crippen molar-refractivity contribution in [2.45, 2.75) is 40.0 Å². The van der Waals surface area contributed by atoms with E-state index in [2.05, 4.69) is 31.1 Å². The Morgan fingerprint density at radius 2 is 2.13 bits per heavy atom. The second-order valence-corrected chi connectivity index (χ2v) is 5.49. The van der Waals surface area contributed by atoms with Gasteiger partial charge in [0.1, 0.15) is 0 Å². The molecule has 0 aliphatic rings. The maximum atomic E-state index is 5.70. The van der Waals surface area contributed by atoms with E-state index in [0.717, 1.165) is 25.8 Å². The summed E-state index contributed by atoms with van der Waals surface area (Å²) < 4.78 is 0. The number of rotatable bonds is 6. The van der Waals surface area contributed by atoms with Gasteiger partial charge in [0.25, 0.3) is 0 Å². The number of nitrogens with two attached hydrogens (primary N) is 1. The summed E-state index contributed by atoms with van der Waals surface area (Å²) in [6.45, 7) is 7.43. The predicted molar refractivity (Wildman–Crippen MR) is 67.2 cm³/mol. The van der Waals surface area contributed by atoms with E-state index in [1.807, 2.05) is 0 Å². The van der Waals surface area contributed by atoms with Gasteiger partial charge in [-0.15, -0.1) is 11.3 Å². The molecule has 1 aromatic rings. The van der Waals surface area contributed by atoms with E-state index in [1.165, 1.54) is 10.7 Å². The van der Waals surface area contributed by atoms with Crippen LogP contribution in [0.15, 0.2) is 5.38 Å². The predicted octanol–water partition coefficient (Wildman–Crippen LogP) is 2.87. The van der Waals surface area contributed by atoms with Gasteiger partial charge in [0.2, 0.25) is 0 Å². The summed E-state index contributed by atoms with van der Waals surface area (Å²) in [5.41, 5.74) is 6.94. The second kappa shape index (κ2) is 6.23. The molecular weight excluding hydrogens is 204 g/mol. The lowest BCUT2D eigenvalue weighted by Crippen LogP contribution is -2.15. The van der Waals surface area contributed by atoms with E-state index in [4.69, 9.17) is 5.73 Å². The zero-order chi connectivity index (χ0) is 11.3. The molecule has 0 bridgehead atoms. The van der Waals surface area contributed by atoms with Gasteiger partial charge < -0.3 is 5.73 Å². The maximum Gasteiger partial charge on any atom is 0.0931 e. The van der Waals surface area contributed by atoms with E-state index in [9.17, 15) is 0 Å². The second-order valence-electron chi connectivity index (χ2n) is 4.54. The number of nitrogens with zero attached hydrogens (tertiary/aromatic N) is 1. The van der Waals surface area contributed by atoms with Crippen LogP contribution in [0, 0.1) is 11.8 Å². The van der Waals surface area contributed by atoms with Gasteiger partial charge in [-0.2, -0.15) is 0 Å². The molecule has 1 rings (SSSR count). The molecule has 15 heavy (non-hydrogen) atoms. The highest BCUT2D eigenvalue weighted by Gasteiger charge is 2.09. The van der Waals surface area contributed by atoms with Crippen molar-refractivity contribution in [3.8, 4) is 0 Å². The van der Waals surface area contributed by atoms with Crippen LogP contribution in [0.1, 0.15) is 37.9 Å². The van der Waals surface area contributed by atoms with E-state index >= 15 is 0 Å². The van der Waals surface area contributed by atoms with Gasteiger partial charge in [-0.1, -0.05) is 27.2 Å². The molecule has 0 saturated heterocycles. The van der Waals surface area contributed by atoms with Gasteiger partial charge in [0.15, 0.2) is 0 Å². The lowest BCUT2D eigenvalue weighted by atomic mass is 10.0. The molecule has 1 atom stereocenters. The topological polar surface area (TPSA) is 38.9 Å². The first-order valence-electron chi connectivity index (χ1n) is 5.79. The normalized spacial score (nSPS) is 13.4. The fraction of sp³-hybridized carbons (Fsp3) is 0.750. The standard InChI is InChI=1S/C12H22N2S/c1-4-10(7-13)6-12-14-11(8-15-12)5-9(2)3/h8-10H,4-7,13H2,1-3H3. The molecule has 0 spiro atoms. The van der Waals surface area contributed by atoms with Crippen molar-refractivity contribution in [2.75, 3.05) is 6.54 Å². The molecule has 3 heteroatoms. The average Bonchev–Trinajstić information content (AvgIpc) is 2.61. The van der Waals surface area contributed by atoms with Crippen molar-refractivity contribution >= 4 is 11.3 Å². The van der Waals surface area contributed by atoms with Gasteiger partial charge in [-0.3, -0.25) is 0 Å². The Morgan fingerprint density at radius 1 is 1.40 bits per heavy atom. The third-order valence-electron chi connectivity index (χ3n) is 2.59. The molecule has 2 N–H and O–H groups in total. The van der Waals surface area contributed by atoms with Crippen molar-refractivity contribution in [2.24, 2.45) is 17.6 Å². The fourth-order valence-corrected chi connectivity index (χ4v) is 2.52. The Morgan fingerprint density at radius 3 is 2.67 bits per heavy atom. The monoisotopic (exact) mass is 226 g/mol. The minimum Gasteiger partial charge on any atom is -0.330 e. The maximum absolute atomic E-state index is 5.70. The van der Waals surface area contributed by atoms with Crippen LogP contribution in [0.25, 0.3) is 0 Å². The molecule has 0 fully saturated rings. The molecule has 2 nitrogen and oxygen atoms in total. The van der Waals surface area contributed by atoms with Crippen LogP contribution in [0.3, 0.4) is 0 Å². The molecule has 0 aliphatic heterocycles. The van der Waals surface area contributed by atoms with Crippen LogP contribution in [0.5, 0.6) is 0 Å². The number of hydrogen-bond donors (Lipinski definition) is 1. The first kappa shape index (κ1) is 12.7. The number of thiazole rings is 1. The lowest BCUT2D eigenvalue weighted by Gasteiger charge is -2.08. The molecule has 0 radical (unpaired) electrons. The van der Waals surface area contributed by atoms with Crippen LogP contribution >= 0.6 is 11.3 Å². The van der Waals surface area contributed by atoms with E-state index in [-0.39, 0.29) is 0 Å². The van der Waals surface area contributed by atoms with E-state index in [0.29, 0.717) is 11.8 Å². The Hall–Kier alpha value is -0.410. The zero-order valence-corrected chi connectivity index (χ0v) is 10.8. The van der Waals surface area contributed by atoms with Crippen molar-refractivity contribution in [3.05, 3.63) is 16.1 Å². The van der Waals surface area contributed by atoms with E-state index in [1.54, 1.807) is 11.3 Å². The quantitative estimate of drug-likeness (QED) is 0.810. The summed E-state index contributed by atoms with van der Waals surface area (Å²) in [6.07, 6.45) is 3.29. The highest BCUT2D eigenvalue weighted by Crippen LogP contribution is 2.17. The summed E-state index contributed by atoms with van der Waals surface area (Å²) in [6, 6.07) is 0. The highest BCUT2D eigenvalue weighted by atomic mass is 32.1. The van der Waals surface area contributed by atoms with Crippen molar-refractivity contribution < 1.29 is 0 Å². The van der Waals surface area contributed by atoms with Gasteiger partial charge in [-0.25, -0.2) is 4.98 Å². The molecule has 0 aliphatic carbocycles. The minimum absolute atomic E-state index is 0.600. The average molecular weight is 226 g/mol. The Balaban J connectivity index is 2.52. The Bertz CT molecular complexity index is 277. The largest absolute Gasteiger partial charge is 0.330 e. The van der Waals surface area contributed by atoms with E-state index < -0.39 is 0 Å². The summed E-state index contributed by atoms with van der Waals surface area (Å²) >= 11 is 1.78. The van der Waals surface area contributed by atoms with Crippen molar-refractivity contribution in [3.63, 3.8) is 0 Å². The Kier molecular flexibility index (Phi) is 5.26. The minimum atomic E-state index is 0.600. The molecular formula is C12H22N2S. The first-order chi connectivity index (χ1) is 7.15. The molecule has 0 amide bonds. The third kappa shape index (κ3) is 4.31. The number of aromatic nitrogens is 1. The summed E-state index contributed by atoms with van der Waals surface area (Å²) in [5, 5.41) is 3.45. The molecule has 0 aromatic carbocycles. The van der Waals surface area contributed by atoms with Crippen LogP contribution in [0.4, 0.5) is 0 Å². The molecule has 0 saturated carbocycles. The van der Waals surface area contributed by atoms with Gasteiger partial charge >= 0.3 is 0 Å². The fourth-order valence-electron chi connectivity index (χ4n) is 1.60. The van der Waals surface area contributed by atoms with Crippen LogP contribution in [0.2, 0.25) is 0 Å². The Labute approximate surface area is 96.9 Å². The third-order valence-corrected chi connectivity index (χ3v) is 3.51.